The maximum absolute atomic E-state index is 13.6. The molecular weight excluding hydrogens is 418 g/mol. The molecule has 33 heavy (non-hydrogen) atoms. The topological polar surface area (TPSA) is 69.0 Å². The van der Waals surface area contributed by atoms with Crippen LogP contribution in [0.5, 0.6) is 11.5 Å². The van der Waals surface area contributed by atoms with Crippen LogP contribution in [-0.4, -0.2) is 25.0 Å². The van der Waals surface area contributed by atoms with Gasteiger partial charge in [-0.05, 0) is 42.3 Å². The van der Waals surface area contributed by atoms with E-state index in [0.29, 0.717) is 34.6 Å². The summed E-state index contributed by atoms with van der Waals surface area (Å²) >= 11 is 0. The fourth-order valence-corrected chi connectivity index (χ4v) is 4.39. The molecule has 0 N–H and O–H groups in total. The molecule has 0 fully saturated rings. The first-order chi connectivity index (χ1) is 16.0. The summed E-state index contributed by atoms with van der Waals surface area (Å²) in [6.07, 6.45) is 0. The highest BCUT2D eigenvalue weighted by atomic mass is 16.5. The molecule has 6 heteroatoms. The number of hydrogen-bond donors (Lipinski definition) is 0. The Morgan fingerprint density at radius 3 is 2.36 bits per heavy atom. The Labute approximate surface area is 191 Å². The first kappa shape index (κ1) is 20.8. The van der Waals surface area contributed by atoms with E-state index in [1.54, 1.807) is 49.5 Å². The third-order valence-electron chi connectivity index (χ3n) is 6.07. The van der Waals surface area contributed by atoms with E-state index in [9.17, 15) is 9.59 Å². The molecule has 0 aliphatic carbocycles. The number of amides is 1. The van der Waals surface area contributed by atoms with E-state index >= 15 is 0 Å². The molecule has 1 aliphatic heterocycles. The van der Waals surface area contributed by atoms with Gasteiger partial charge in [-0.1, -0.05) is 48.0 Å². The number of fused-ring (bicyclic) bond motifs is 2. The highest BCUT2D eigenvalue weighted by Crippen LogP contribution is 2.41. The number of methoxy groups -OCH3 is 2. The smallest absolute Gasteiger partial charge is 0.291 e. The van der Waals surface area contributed by atoms with Gasteiger partial charge in [0.05, 0.1) is 31.2 Å². The number of aryl methyl sites for hydroxylation is 1. The number of rotatable bonds is 5. The zero-order chi connectivity index (χ0) is 23.1. The van der Waals surface area contributed by atoms with Crippen molar-refractivity contribution in [1.82, 2.24) is 4.90 Å². The fraction of sp³-hybridized carbons (Fsp3) is 0.185. The van der Waals surface area contributed by atoms with E-state index in [1.807, 2.05) is 43.3 Å². The monoisotopic (exact) mass is 441 g/mol. The SMILES string of the molecule is COc1ccc([C@H]2c3c(oc4ccccc4c3=O)C(=O)N2Cc2ccc(C)cc2)cc1OC. The highest BCUT2D eigenvalue weighted by Gasteiger charge is 2.43. The standard InChI is InChI=1S/C27H23NO5/c1-16-8-10-17(11-9-16)15-28-24(18-12-13-21(31-2)22(14-18)32-3)23-25(29)19-6-4-5-7-20(19)33-26(23)27(28)30/h4-14,24H,15H2,1-3H3/t24-/m0/s1. The summed E-state index contributed by atoms with van der Waals surface area (Å²) in [5, 5.41) is 0.451. The van der Waals surface area contributed by atoms with Crippen LogP contribution in [0.1, 0.15) is 38.9 Å². The lowest BCUT2D eigenvalue weighted by molar-refractivity contribution is 0.0714. The van der Waals surface area contributed by atoms with Crippen molar-refractivity contribution in [3.8, 4) is 11.5 Å². The van der Waals surface area contributed by atoms with Gasteiger partial charge in [-0.3, -0.25) is 9.59 Å². The Kier molecular flexibility index (Phi) is 5.13. The van der Waals surface area contributed by atoms with E-state index in [0.717, 1.165) is 16.7 Å². The van der Waals surface area contributed by atoms with Gasteiger partial charge in [-0.2, -0.15) is 0 Å². The third kappa shape index (κ3) is 3.44. The summed E-state index contributed by atoms with van der Waals surface area (Å²) in [4.78, 5) is 28.8. The van der Waals surface area contributed by atoms with Crippen LogP contribution >= 0.6 is 0 Å². The molecule has 4 aromatic rings. The van der Waals surface area contributed by atoms with Crippen molar-refractivity contribution in [1.29, 1.82) is 0 Å². The van der Waals surface area contributed by atoms with Crippen LogP contribution in [0.25, 0.3) is 11.0 Å². The molecule has 2 heterocycles. The maximum atomic E-state index is 13.6. The van der Waals surface area contributed by atoms with Gasteiger partial charge in [0.25, 0.3) is 5.91 Å². The second kappa shape index (κ2) is 8.13. The van der Waals surface area contributed by atoms with Gasteiger partial charge >= 0.3 is 0 Å². The van der Waals surface area contributed by atoms with Crippen LogP contribution in [0.4, 0.5) is 0 Å². The first-order valence-corrected chi connectivity index (χ1v) is 10.7. The lowest BCUT2D eigenvalue weighted by Crippen LogP contribution is -2.29. The van der Waals surface area contributed by atoms with Crippen LogP contribution < -0.4 is 14.9 Å². The van der Waals surface area contributed by atoms with Gasteiger partial charge in [0.1, 0.15) is 5.58 Å². The molecule has 0 spiro atoms. The number of benzene rings is 3. The molecule has 0 radical (unpaired) electrons. The van der Waals surface area contributed by atoms with Crippen molar-refractivity contribution >= 4 is 16.9 Å². The molecule has 1 amide bonds. The number of hydrogen-bond acceptors (Lipinski definition) is 5. The largest absolute Gasteiger partial charge is 0.493 e. The lowest BCUT2D eigenvalue weighted by atomic mass is 9.97. The van der Waals surface area contributed by atoms with Gasteiger partial charge in [0.2, 0.25) is 5.76 Å². The van der Waals surface area contributed by atoms with E-state index in [-0.39, 0.29) is 17.1 Å². The normalized spacial score (nSPS) is 15.1. The minimum absolute atomic E-state index is 0.0885. The number of carbonyl (C=O) groups is 1. The second-order valence-electron chi connectivity index (χ2n) is 8.11. The summed E-state index contributed by atoms with van der Waals surface area (Å²) in [5.74, 6) is 0.872. The predicted molar refractivity (Wildman–Crippen MR) is 125 cm³/mol. The van der Waals surface area contributed by atoms with Crippen molar-refractivity contribution in [2.75, 3.05) is 14.2 Å². The predicted octanol–water partition coefficient (Wildman–Crippen LogP) is 4.86. The number of nitrogens with zero attached hydrogens (tertiary/aromatic N) is 1. The van der Waals surface area contributed by atoms with Gasteiger partial charge in [0, 0.05) is 6.54 Å². The van der Waals surface area contributed by atoms with Gasteiger partial charge in [-0.25, -0.2) is 0 Å². The van der Waals surface area contributed by atoms with Crippen molar-refractivity contribution < 1.29 is 18.7 Å². The van der Waals surface area contributed by atoms with Crippen molar-refractivity contribution in [2.24, 2.45) is 0 Å². The average molecular weight is 441 g/mol. The molecule has 6 nitrogen and oxygen atoms in total. The first-order valence-electron chi connectivity index (χ1n) is 10.7. The van der Waals surface area contributed by atoms with E-state index in [2.05, 4.69) is 0 Å². The number of carbonyl (C=O) groups excluding carboxylic acids is 1. The van der Waals surface area contributed by atoms with Gasteiger partial charge < -0.3 is 18.8 Å². The van der Waals surface area contributed by atoms with Crippen molar-refractivity contribution in [3.63, 3.8) is 0 Å². The Morgan fingerprint density at radius 2 is 1.64 bits per heavy atom. The molecule has 0 saturated heterocycles. The highest BCUT2D eigenvalue weighted by molar-refractivity contribution is 5.99. The Hall–Kier alpha value is -4.06. The Bertz CT molecular complexity index is 1420. The minimum atomic E-state index is -0.616. The zero-order valence-electron chi connectivity index (χ0n) is 18.6. The fourth-order valence-electron chi connectivity index (χ4n) is 4.39. The van der Waals surface area contributed by atoms with Crippen LogP contribution in [0, 0.1) is 6.92 Å². The van der Waals surface area contributed by atoms with Crippen LogP contribution in [0.3, 0.4) is 0 Å². The molecule has 5 rings (SSSR count). The molecule has 1 aromatic heterocycles. The van der Waals surface area contributed by atoms with Crippen LogP contribution in [0.15, 0.2) is 75.9 Å². The van der Waals surface area contributed by atoms with Crippen molar-refractivity contribution in [3.05, 3.63) is 105 Å². The van der Waals surface area contributed by atoms with Crippen LogP contribution in [-0.2, 0) is 6.54 Å². The third-order valence-corrected chi connectivity index (χ3v) is 6.07. The quantitative estimate of drug-likeness (QED) is 0.442. The molecule has 0 bridgehead atoms. The number of ether oxygens (including phenoxy) is 2. The second-order valence-corrected chi connectivity index (χ2v) is 8.11. The Morgan fingerprint density at radius 1 is 0.909 bits per heavy atom. The van der Waals surface area contributed by atoms with E-state index in [1.165, 1.54) is 0 Å². The minimum Gasteiger partial charge on any atom is -0.493 e. The summed E-state index contributed by atoms with van der Waals surface area (Å²) < 4.78 is 16.9. The molecule has 0 unspecified atom stereocenters. The lowest BCUT2D eigenvalue weighted by Gasteiger charge is -2.26. The van der Waals surface area contributed by atoms with E-state index in [4.69, 9.17) is 13.9 Å². The maximum Gasteiger partial charge on any atom is 0.291 e. The van der Waals surface area contributed by atoms with Gasteiger partial charge in [-0.15, -0.1) is 0 Å². The molecule has 1 atom stereocenters. The Balaban J connectivity index is 1.72. The summed E-state index contributed by atoms with van der Waals surface area (Å²) in [5.41, 5.74) is 3.38. The molecule has 3 aromatic carbocycles. The van der Waals surface area contributed by atoms with E-state index < -0.39 is 6.04 Å². The van der Waals surface area contributed by atoms with Gasteiger partial charge in [0.15, 0.2) is 16.9 Å². The average Bonchev–Trinajstić information content (AvgIpc) is 3.12. The number of para-hydroxylation sites is 1. The van der Waals surface area contributed by atoms with Crippen LogP contribution in [0.2, 0.25) is 0 Å². The molecule has 166 valence electrons. The summed E-state index contributed by atoms with van der Waals surface area (Å²) in [6, 6.07) is 19.8. The summed E-state index contributed by atoms with van der Waals surface area (Å²) in [6.45, 7) is 2.35. The molecule has 0 saturated carbocycles. The molecular formula is C27H23NO5. The molecule has 1 aliphatic rings. The summed E-state index contributed by atoms with van der Waals surface area (Å²) in [7, 11) is 3.12. The zero-order valence-corrected chi connectivity index (χ0v) is 18.6. The van der Waals surface area contributed by atoms with Crippen molar-refractivity contribution in [2.45, 2.75) is 19.5 Å².